The lowest BCUT2D eigenvalue weighted by Crippen LogP contribution is -2.40. The van der Waals surface area contributed by atoms with E-state index >= 15 is 0 Å². The Hall–Kier alpha value is -5.15. The Morgan fingerprint density at radius 2 is 1.51 bits per heavy atom. The number of nitrogens with zero attached hydrogens (tertiary/aromatic N) is 2. The third-order valence-electron chi connectivity index (χ3n) is 7.46. The molecule has 0 unspecified atom stereocenters. The van der Waals surface area contributed by atoms with Crippen LogP contribution in [0.2, 0.25) is 5.02 Å². The molecule has 1 N–H and O–H groups in total. The first-order valence-electron chi connectivity index (χ1n) is 14.4. The predicted octanol–water partition coefficient (Wildman–Crippen LogP) is 5.60. The molecule has 0 radical (unpaired) electrons. The van der Waals surface area contributed by atoms with Crippen molar-refractivity contribution < 1.29 is 19.1 Å². The second-order valence-corrected chi connectivity index (χ2v) is 10.9. The molecule has 4 aromatic carbocycles. The largest absolute Gasteiger partial charge is 0.495 e. The summed E-state index contributed by atoms with van der Waals surface area (Å²) in [6.07, 6.45) is 2.31. The molecule has 9 nitrogen and oxygen atoms in total. The first-order chi connectivity index (χ1) is 21.8. The van der Waals surface area contributed by atoms with Crippen LogP contribution in [0.25, 0.3) is 16.6 Å². The van der Waals surface area contributed by atoms with Crippen LogP contribution in [-0.4, -0.2) is 35.0 Å². The van der Waals surface area contributed by atoms with Gasteiger partial charge in [-0.2, -0.15) is 0 Å². The molecule has 0 bridgehead atoms. The van der Waals surface area contributed by atoms with E-state index in [4.69, 9.17) is 21.1 Å². The van der Waals surface area contributed by atoms with Crippen LogP contribution in [0.5, 0.6) is 11.5 Å². The average Bonchev–Trinajstić information content (AvgIpc) is 3.04. The summed E-state index contributed by atoms with van der Waals surface area (Å²) in [5, 5.41) is 3.27. The summed E-state index contributed by atoms with van der Waals surface area (Å²) >= 11 is 6.25. The maximum atomic E-state index is 13.8. The number of ketones is 1. The van der Waals surface area contributed by atoms with E-state index in [1.807, 2.05) is 30.3 Å². The van der Waals surface area contributed by atoms with E-state index in [0.29, 0.717) is 34.8 Å². The summed E-state index contributed by atoms with van der Waals surface area (Å²) in [7, 11) is 2.91. The SMILES string of the molecule is COc1cc(OC)c(NC(=O)Cn2c(=O)n(-c3ccc(CC(=O)CCCc4ccccc4)cc3)c(=O)c3ccccc32)cc1Cl. The second kappa shape index (κ2) is 14.1. The van der Waals surface area contributed by atoms with Gasteiger partial charge in [-0.1, -0.05) is 66.2 Å². The number of Topliss-reactive ketones (excluding diaryl/α,β-unsaturated/α-hetero) is 1. The Morgan fingerprint density at radius 1 is 0.822 bits per heavy atom. The standard InChI is InChI=1S/C35H32ClN3O6/c1-44-31-21-32(45-2)29(20-28(31)36)37-33(41)22-38-30-14-7-6-13-27(30)34(42)39(35(38)43)25-17-15-24(16-18-25)19-26(40)12-8-11-23-9-4-3-5-10-23/h3-7,9-10,13-18,20-21H,8,11-12,19,22H2,1-2H3,(H,37,41). The van der Waals surface area contributed by atoms with Crippen LogP contribution in [0.15, 0.2) is 101 Å². The Balaban J connectivity index is 1.37. The van der Waals surface area contributed by atoms with Crippen molar-refractivity contribution in [2.45, 2.75) is 32.2 Å². The molecule has 5 aromatic rings. The van der Waals surface area contributed by atoms with Crippen molar-refractivity contribution in [3.8, 4) is 17.2 Å². The lowest BCUT2D eigenvalue weighted by molar-refractivity contribution is -0.118. The fourth-order valence-corrected chi connectivity index (χ4v) is 5.45. The summed E-state index contributed by atoms with van der Waals surface area (Å²) in [5.74, 6) is 0.276. The van der Waals surface area contributed by atoms with Crippen molar-refractivity contribution in [3.63, 3.8) is 0 Å². The van der Waals surface area contributed by atoms with Gasteiger partial charge in [0.25, 0.3) is 5.56 Å². The fourth-order valence-electron chi connectivity index (χ4n) is 5.21. The van der Waals surface area contributed by atoms with Gasteiger partial charge in [-0.05, 0) is 54.3 Å². The maximum Gasteiger partial charge on any atom is 0.336 e. The van der Waals surface area contributed by atoms with Gasteiger partial charge in [0.05, 0.1) is 41.5 Å². The number of halogens is 1. The zero-order chi connectivity index (χ0) is 31.9. The fraction of sp³-hybridized carbons (Fsp3) is 0.200. The van der Waals surface area contributed by atoms with Gasteiger partial charge in [-0.3, -0.25) is 19.0 Å². The number of amides is 1. The van der Waals surface area contributed by atoms with Gasteiger partial charge in [0, 0.05) is 18.9 Å². The number of rotatable bonds is 12. The van der Waals surface area contributed by atoms with E-state index < -0.39 is 17.2 Å². The van der Waals surface area contributed by atoms with Crippen molar-refractivity contribution in [2.24, 2.45) is 0 Å². The highest BCUT2D eigenvalue weighted by atomic mass is 35.5. The number of carbonyl (C=O) groups is 2. The number of para-hydroxylation sites is 1. The number of aryl methyl sites for hydroxylation is 1. The number of aromatic nitrogens is 2. The molecule has 45 heavy (non-hydrogen) atoms. The van der Waals surface area contributed by atoms with Gasteiger partial charge in [0.15, 0.2) is 0 Å². The predicted molar refractivity (Wildman–Crippen MR) is 175 cm³/mol. The zero-order valence-corrected chi connectivity index (χ0v) is 25.7. The van der Waals surface area contributed by atoms with Crippen molar-refractivity contribution in [1.29, 1.82) is 0 Å². The van der Waals surface area contributed by atoms with Crippen molar-refractivity contribution in [1.82, 2.24) is 9.13 Å². The molecule has 0 saturated carbocycles. The highest BCUT2D eigenvalue weighted by Gasteiger charge is 2.18. The number of anilines is 1. The van der Waals surface area contributed by atoms with Gasteiger partial charge in [0.1, 0.15) is 23.8 Å². The summed E-state index contributed by atoms with van der Waals surface area (Å²) in [4.78, 5) is 53.1. The Kier molecular flexibility index (Phi) is 9.79. The van der Waals surface area contributed by atoms with Crippen molar-refractivity contribution in [2.75, 3.05) is 19.5 Å². The molecule has 1 aromatic heterocycles. The van der Waals surface area contributed by atoms with Gasteiger partial charge in [-0.25, -0.2) is 9.36 Å². The number of nitrogens with one attached hydrogen (secondary N) is 1. The summed E-state index contributed by atoms with van der Waals surface area (Å²) in [6.45, 7) is -0.387. The summed E-state index contributed by atoms with van der Waals surface area (Å²) < 4.78 is 12.9. The van der Waals surface area contributed by atoms with Gasteiger partial charge in [-0.15, -0.1) is 0 Å². The number of ether oxygens (including phenoxy) is 2. The van der Waals surface area contributed by atoms with Crippen molar-refractivity contribution >= 4 is 39.9 Å². The van der Waals surface area contributed by atoms with E-state index in [2.05, 4.69) is 5.32 Å². The lowest BCUT2D eigenvalue weighted by Gasteiger charge is -2.16. The second-order valence-electron chi connectivity index (χ2n) is 10.5. The van der Waals surface area contributed by atoms with E-state index in [0.717, 1.165) is 23.0 Å². The van der Waals surface area contributed by atoms with Gasteiger partial charge < -0.3 is 14.8 Å². The Bertz CT molecular complexity index is 1970. The Morgan fingerprint density at radius 3 is 2.22 bits per heavy atom. The number of benzene rings is 4. The first-order valence-corrected chi connectivity index (χ1v) is 14.8. The molecule has 5 rings (SSSR count). The van der Waals surface area contributed by atoms with Crippen LogP contribution in [0, 0.1) is 0 Å². The van der Waals surface area contributed by atoms with E-state index in [1.54, 1.807) is 54.6 Å². The molecular weight excluding hydrogens is 594 g/mol. The third kappa shape index (κ3) is 7.16. The highest BCUT2D eigenvalue weighted by molar-refractivity contribution is 6.32. The minimum Gasteiger partial charge on any atom is -0.495 e. The number of carbonyl (C=O) groups excluding carboxylic acids is 2. The average molecular weight is 626 g/mol. The molecule has 1 heterocycles. The van der Waals surface area contributed by atoms with E-state index in [1.165, 1.54) is 30.4 Å². The third-order valence-corrected chi connectivity index (χ3v) is 7.76. The van der Waals surface area contributed by atoms with Crippen LogP contribution < -0.4 is 26.0 Å². The minimum absolute atomic E-state index is 0.115. The first kappa shape index (κ1) is 31.3. The van der Waals surface area contributed by atoms with Gasteiger partial charge >= 0.3 is 5.69 Å². The summed E-state index contributed by atoms with van der Waals surface area (Å²) in [6, 6.07) is 26.4. The number of methoxy groups -OCH3 is 2. The lowest BCUT2D eigenvalue weighted by atomic mass is 10.0. The molecule has 0 saturated heterocycles. The minimum atomic E-state index is -0.682. The monoisotopic (exact) mass is 625 g/mol. The van der Waals surface area contributed by atoms with E-state index in [9.17, 15) is 19.2 Å². The Labute approximate surface area is 264 Å². The van der Waals surface area contributed by atoms with Crippen LogP contribution in [0.4, 0.5) is 5.69 Å². The van der Waals surface area contributed by atoms with Crippen LogP contribution >= 0.6 is 11.6 Å². The molecule has 1 amide bonds. The quantitative estimate of drug-likeness (QED) is 0.193. The number of hydrogen-bond acceptors (Lipinski definition) is 6. The molecule has 0 atom stereocenters. The van der Waals surface area contributed by atoms with Crippen molar-refractivity contribution in [3.05, 3.63) is 128 Å². The molecule has 10 heteroatoms. The molecule has 0 aliphatic carbocycles. The molecule has 0 fully saturated rings. The maximum absolute atomic E-state index is 13.8. The van der Waals surface area contributed by atoms with Crippen LogP contribution in [0.1, 0.15) is 24.0 Å². The smallest absolute Gasteiger partial charge is 0.336 e. The van der Waals surface area contributed by atoms with Crippen LogP contribution in [0.3, 0.4) is 0 Å². The van der Waals surface area contributed by atoms with Crippen LogP contribution in [-0.2, 0) is 29.0 Å². The topological polar surface area (TPSA) is 109 Å². The number of fused-ring (bicyclic) bond motifs is 1. The molecular formula is C35H32ClN3O6. The molecule has 0 aliphatic rings. The zero-order valence-electron chi connectivity index (χ0n) is 24.9. The van der Waals surface area contributed by atoms with Gasteiger partial charge in [0.2, 0.25) is 5.91 Å². The summed E-state index contributed by atoms with van der Waals surface area (Å²) in [5.41, 5.74) is 1.72. The molecule has 230 valence electrons. The molecule has 0 spiro atoms. The molecule has 0 aliphatic heterocycles. The highest BCUT2D eigenvalue weighted by Crippen LogP contribution is 2.35. The van der Waals surface area contributed by atoms with E-state index in [-0.39, 0.29) is 29.2 Å². The number of hydrogen-bond donors (Lipinski definition) is 1. The normalized spacial score (nSPS) is 10.9.